The van der Waals surface area contributed by atoms with Crippen LogP contribution in [0.25, 0.3) is 0 Å². The highest BCUT2D eigenvalue weighted by Crippen LogP contribution is 2.21. The summed E-state index contributed by atoms with van der Waals surface area (Å²) in [6, 6.07) is -4.43. The van der Waals surface area contributed by atoms with Crippen LogP contribution >= 0.6 is 0 Å². The summed E-state index contributed by atoms with van der Waals surface area (Å²) in [5.41, 5.74) is 11.1. The van der Waals surface area contributed by atoms with E-state index >= 15 is 0 Å². The number of carboxylic acid groups (broad SMARTS) is 1. The predicted molar refractivity (Wildman–Crippen MR) is 109 cm³/mol. The van der Waals surface area contributed by atoms with Gasteiger partial charge in [-0.1, -0.05) is 20.3 Å². The van der Waals surface area contributed by atoms with Gasteiger partial charge in [0, 0.05) is 13.0 Å². The Bertz CT molecular complexity index is 687. The highest BCUT2D eigenvalue weighted by atomic mass is 16.4. The molecule has 0 saturated carbocycles. The van der Waals surface area contributed by atoms with Crippen molar-refractivity contribution in [2.75, 3.05) is 13.2 Å². The number of aliphatic hydroxyl groups excluding tert-OH is 1. The van der Waals surface area contributed by atoms with Crippen LogP contribution < -0.4 is 22.1 Å². The van der Waals surface area contributed by atoms with E-state index in [1.165, 1.54) is 4.90 Å². The molecule has 12 nitrogen and oxygen atoms in total. The maximum Gasteiger partial charge on any atom is 0.328 e. The predicted octanol–water partition coefficient (Wildman–Crippen LogP) is -2.34. The van der Waals surface area contributed by atoms with Crippen molar-refractivity contribution in [3.63, 3.8) is 0 Å². The van der Waals surface area contributed by atoms with Crippen LogP contribution in [-0.4, -0.2) is 82.0 Å². The number of aliphatic carboxylic acids is 1. The van der Waals surface area contributed by atoms with E-state index in [0.29, 0.717) is 25.8 Å². The number of nitrogens with zero attached hydrogens (tertiary/aromatic N) is 1. The normalized spacial score (nSPS) is 19.7. The summed E-state index contributed by atoms with van der Waals surface area (Å²) in [6.07, 6.45) is 1.26. The van der Waals surface area contributed by atoms with Gasteiger partial charge in [0.1, 0.15) is 18.1 Å². The first-order valence-corrected chi connectivity index (χ1v) is 10.3. The number of carboxylic acids is 1. The summed E-state index contributed by atoms with van der Waals surface area (Å²) >= 11 is 0. The standard InChI is InChI=1S/C19H33N5O7/c1-3-10(2)15(21)18(29)24-8-4-5-13(24)17(28)22-11(6-7-14(20)26)16(27)23-12(9-25)19(30)31/h10-13,15,25H,3-9,21H2,1-2H3,(H2,20,26)(H,22,28)(H,23,27)(H,30,31). The van der Waals surface area contributed by atoms with E-state index in [2.05, 4.69) is 10.6 Å². The molecule has 0 aromatic heterocycles. The fourth-order valence-corrected chi connectivity index (χ4v) is 3.27. The lowest BCUT2D eigenvalue weighted by Gasteiger charge is -2.30. The number of likely N-dealkylation sites (tertiary alicyclic amines) is 1. The van der Waals surface area contributed by atoms with Gasteiger partial charge in [-0.2, -0.15) is 0 Å². The lowest BCUT2D eigenvalue weighted by Crippen LogP contribution is -2.57. The van der Waals surface area contributed by atoms with Crippen LogP contribution in [-0.2, 0) is 24.0 Å². The van der Waals surface area contributed by atoms with Crippen LogP contribution in [0, 0.1) is 5.92 Å². The van der Waals surface area contributed by atoms with Gasteiger partial charge < -0.3 is 37.2 Å². The number of rotatable bonds is 12. The minimum atomic E-state index is -1.57. The maximum atomic E-state index is 12.9. The van der Waals surface area contributed by atoms with Gasteiger partial charge in [0.05, 0.1) is 12.6 Å². The molecule has 5 atom stereocenters. The van der Waals surface area contributed by atoms with Gasteiger partial charge in [-0.05, 0) is 25.2 Å². The number of aliphatic hydroxyl groups is 1. The van der Waals surface area contributed by atoms with E-state index < -0.39 is 54.5 Å². The molecular formula is C19H33N5O7. The van der Waals surface area contributed by atoms with Crippen LogP contribution in [0.15, 0.2) is 0 Å². The Hall–Kier alpha value is -2.73. The molecule has 1 rings (SSSR count). The Labute approximate surface area is 180 Å². The van der Waals surface area contributed by atoms with Crippen LogP contribution in [0.5, 0.6) is 0 Å². The van der Waals surface area contributed by atoms with E-state index in [4.69, 9.17) is 21.7 Å². The molecule has 4 amide bonds. The lowest BCUT2D eigenvalue weighted by atomic mass is 9.98. The molecule has 1 fully saturated rings. The van der Waals surface area contributed by atoms with Crippen molar-refractivity contribution in [3.8, 4) is 0 Å². The molecule has 0 aromatic carbocycles. The first-order valence-electron chi connectivity index (χ1n) is 10.3. The van der Waals surface area contributed by atoms with Crippen molar-refractivity contribution in [2.45, 2.75) is 70.1 Å². The molecule has 0 spiro atoms. The van der Waals surface area contributed by atoms with Gasteiger partial charge in [0.15, 0.2) is 0 Å². The van der Waals surface area contributed by atoms with Gasteiger partial charge in [-0.3, -0.25) is 19.2 Å². The van der Waals surface area contributed by atoms with E-state index in [-0.39, 0.29) is 24.7 Å². The fourth-order valence-electron chi connectivity index (χ4n) is 3.27. The van der Waals surface area contributed by atoms with Gasteiger partial charge in [-0.25, -0.2) is 4.79 Å². The van der Waals surface area contributed by atoms with Crippen molar-refractivity contribution in [3.05, 3.63) is 0 Å². The zero-order valence-electron chi connectivity index (χ0n) is 17.9. The Morgan fingerprint density at radius 3 is 2.32 bits per heavy atom. The minimum absolute atomic E-state index is 0.0719. The van der Waals surface area contributed by atoms with Gasteiger partial charge in [-0.15, -0.1) is 0 Å². The Morgan fingerprint density at radius 2 is 1.81 bits per heavy atom. The van der Waals surface area contributed by atoms with Crippen molar-refractivity contribution < 1.29 is 34.2 Å². The molecule has 1 aliphatic rings. The van der Waals surface area contributed by atoms with Crippen molar-refractivity contribution >= 4 is 29.6 Å². The number of hydrogen-bond acceptors (Lipinski definition) is 7. The lowest BCUT2D eigenvalue weighted by molar-refractivity contribution is -0.144. The molecular weight excluding hydrogens is 410 g/mol. The SMILES string of the molecule is CCC(C)C(N)C(=O)N1CCCC1C(=O)NC(CCC(N)=O)C(=O)NC(CO)C(=O)O. The highest BCUT2D eigenvalue weighted by Gasteiger charge is 2.38. The summed E-state index contributed by atoms with van der Waals surface area (Å²) in [4.78, 5) is 61.7. The summed E-state index contributed by atoms with van der Waals surface area (Å²) in [6.45, 7) is 3.25. The molecule has 12 heteroatoms. The average Bonchev–Trinajstić information content (AvgIpc) is 3.22. The molecule has 8 N–H and O–H groups in total. The van der Waals surface area contributed by atoms with E-state index in [1.54, 1.807) is 0 Å². The molecule has 176 valence electrons. The smallest absolute Gasteiger partial charge is 0.328 e. The molecule has 1 saturated heterocycles. The molecule has 0 bridgehead atoms. The second-order valence-electron chi connectivity index (χ2n) is 7.75. The first-order chi connectivity index (χ1) is 14.5. The topological polar surface area (TPSA) is 205 Å². The van der Waals surface area contributed by atoms with E-state index in [0.717, 1.165) is 0 Å². The Morgan fingerprint density at radius 1 is 1.16 bits per heavy atom. The number of hydrogen-bond donors (Lipinski definition) is 6. The maximum absolute atomic E-state index is 12.9. The van der Waals surface area contributed by atoms with Crippen LogP contribution in [0.4, 0.5) is 0 Å². The number of nitrogens with one attached hydrogen (secondary N) is 2. The van der Waals surface area contributed by atoms with Crippen molar-refractivity contribution in [1.82, 2.24) is 15.5 Å². The molecule has 5 unspecified atom stereocenters. The molecule has 31 heavy (non-hydrogen) atoms. The minimum Gasteiger partial charge on any atom is -0.480 e. The second kappa shape index (κ2) is 12.2. The Balaban J connectivity index is 2.93. The van der Waals surface area contributed by atoms with Gasteiger partial charge in [0.25, 0.3) is 0 Å². The first kappa shape index (κ1) is 26.3. The summed E-state index contributed by atoms with van der Waals surface area (Å²) in [5.74, 6) is -4.08. The third-order valence-electron chi connectivity index (χ3n) is 5.49. The monoisotopic (exact) mass is 443 g/mol. The van der Waals surface area contributed by atoms with E-state index in [9.17, 15) is 24.0 Å². The zero-order chi connectivity index (χ0) is 23.7. The summed E-state index contributed by atoms with van der Waals surface area (Å²) in [5, 5.41) is 22.7. The number of carbonyl (C=O) groups is 5. The second-order valence-corrected chi connectivity index (χ2v) is 7.75. The summed E-state index contributed by atoms with van der Waals surface area (Å²) in [7, 11) is 0. The zero-order valence-corrected chi connectivity index (χ0v) is 17.9. The number of amides is 4. The van der Waals surface area contributed by atoms with Crippen LogP contribution in [0.2, 0.25) is 0 Å². The largest absolute Gasteiger partial charge is 0.480 e. The fraction of sp³-hybridized carbons (Fsp3) is 0.737. The van der Waals surface area contributed by atoms with Crippen molar-refractivity contribution in [2.24, 2.45) is 17.4 Å². The van der Waals surface area contributed by atoms with Gasteiger partial charge >= 0.3 is 5.97 Å². The highest BCUT2D eigenvalue weighted by molar-refractivity contribution is 5.94. The summed E-state index contributed by atoms with van der Waals surface area (Å²) < 4.78 is 0. The number of nitrogens with two attached hydrogens (primary N) is 2. The average molecular weight is 444 g/mol. The number of primary amides is 1. The quantitative estimate of drug-likeness (QED) is 0.192. The van der Waals surface area contributed by atoms with Crippen LogP contribution in [0.1, 0.15) is 46.0 Å². The van der Waals surface area contributed by atoms with Crippen molar-refractivity contribution in [1.29, 1.82) is 0 Å². The Kier molecular flexibility index (Phi) is 10.4. The molecule has 1 heterocycles. The van der Waals surface area contributed by atoms with Crippen LogP contribution in [0.3, 0.4) is 0 Å². The van der Waals surface area contributed by atoms with E-state index in [1.807, 2.05) is 13.8 Å². The number of carbonyl (C=O) groups excluding carboxylic acids is 4. The molecule has 0 radical (unpaired) electrons. The van der Waals surface area contributed by atoms with Gasteiger partial charge in [0.2, 0.25) is 23.6 Å². The third kappa shape index (κ3) is 7.47. The third-order valence-corrected chi connectivity index (χ3v) is 5.49. The molecule has 1 aliphatic heterocycles. The molecule has 0 aromatic rings. The molecule has 0 aliphatic carbocycles.